The zero-order chi connectivity index (χ0) is 19.1. The van der Waals surface area contributed by atoms with Gasteiger partial charge in [0.15, 0.2) is 11.5 Å². The summed E-state index contributed by atoms with van der Waals surface area (Å²) in [6.07, 6.45) is 2.21. The van der Waals surface area contributed by atoms with E-state index in [9.17, 15) is 4.79 Å². The van der Waals surface area contributed by atoms with Crippen LogP contribution >= 0.6 is 11.3 Å². The summed E-state index contributed by atoms with van der Waals surface area (Å²) in [5.74, 6) is 1.63. The topological polar surface area (TPSA) is 62.8 Å². The lowest BCUT2D eigenvalue weighted by Gasteiger charge is -2.31. The normalized spacial score (nSPS) is 15.3. The van der Waals surface area contributed by atoms with Crippen molar-refractivity contribution in [2.24, 2.45) is 5.92 Å². The number of nitrogens with one attached hydrogen (secondary N) is 2. The zero-order valence-corrected chi connectivity index (χ0v) is 16.7. The van der Waals surface area contributed by atoms with Crippen LogP contribution in [0.15, 0.2) is 35.7 Å². The van der Waals surface area contributed by atoms with Crippen molar-refractivity contribution in [3.05, 3.63) is 40.6 Å². The van der Waals surface area contributed by atoms with Gasteiger partial charge in [-0.3, -0.25) is 4.90 Å². The van der Waals surface area contributed by atoms with Crippen molar-refractivity contribution in [2.75, 3.05) is 39.2 Å². The third-order valence-corrected chi connectivity index (χ3v) is 5.73. The molecular weight excluding hydrogens is 362 g/mol. The number of methoxy groups -OCH3 is 2. The number of amides is 2. The van der Waals surface area contributed by atoms with Gasteiger partial charge in [-0.25, -0.2) is 4.79 Å². The summed E-state index contributed by atoms with van der Waals surface area (Å²) in [7, 11) is 3.14. The molecule has 1 fully saturated rings. The average molecular weight is 390 g/mol. The van der Waals surface area contributed by atoms with Crippen LogP contribution in [-0.2, 0) is 6.54 Å². The van der Waals surface area contributed by atoms with Crippen molar-refractivity contribution in [3.8, 4) is 11.5 Å². The Kier molecular flexibility index (Phi) is 6.95. The first-order valence-electron chi connectivity index (χ1n) is 9.20. The zero-order valence-electron chi connectivity index (χ0n) is 15.9. The van der Waals surface area contributed by atoms with Crippen molar-refractivity contribution >= 4 is 23.1 Å². The molecule has 0 radical (unpaired) electrons. The molecule has 6 nitrogen and oxygen atoms in total. The molecule has 2 aromatic rings. The van der Waals surface area contributed by atoms with Crippen molar-refractivity contribution in [3.63, 3.8) is 0 Å². The van der Waals surface area contributed by atoms with Gasteiger partial charge < -0.3 is 20.1 Å². The second-order valence-corrected chi connectivity index (χ2v) is 7.71. The van der Waals surface area contributed by atoms with E-state index in [4.69, 9.17) is 9.47 Å². The predicted molar refractivity (Wildman–Crippen MR) is 109 cm³/mol. The summed E-state index contributed by atoms with van der Waals surface area (Å²) in [5.41, 5.74) is 0.597. The number of nitrogens with zero attached hydrogens (tertiary/aromatic N) is 1. The van der Waals surface area contributed by atoms with Gasteiger partial charge in [-0.2, -0.15) is 0 Å². The molecule has 7 heteroatoms. The minimum atomic E-state index is -0.220. The number of carbonyl (C=O) groups excluding carboxylic acids is 1. The lowest BCUT2D eigenvalue weighted by Crippen LogP contribution is -2.39. The van der Waals surface area contributed by atoms with E-state index in [1.54, 1.807) is 26.4 Å². The quantitative estimate of drug-likeness (QED) is 0.756. The number of anilines is 1. The Labute approximate surface area is 164 Å². The summed E-state index contributed by atoms with van der Waals surface area (Å²) in [6.45, 7) is 3.88. The van der Waals surface area contributed by atoms with Crippen LogP contribution < -0.4 is 20.1 Å². The smallest absolute Gasteiger partial charge is 0.319 e. The minimum Gasteiger partial charge on any atom is -0.493 e. The minimum absolute atomic E-state index is 0.220. The van der Waals surface area contributed by atoms with E-state index < -0.39 is 0 Å². The number of benzene rings is 1. The Morgan fingerprint density at radius 3 is 2.67 bits per heavy atom. The largest absolute Gasteiger partial charge is 0.493 e. The molecule has 0 unspecified atom stereocenters. The van der Waals surface area contributed by atoms with E-state index in [-0.39, 0.29) is 6.03 Å². The number of rotatable bonds is 7. The highest BCUT2D eigenvalue weighted by Crippen LogP contribution is 2.34. The molecule has 2 amide bonds. The second-order valence-electron chi connectivity index (χ2n) is 6.67. The van der Waals surface area contributed by atoms with E-state index in [2.05, 4.69) is 33.0 Å². The molecule has 3 rings (SSSR count). The summed E-state index contributed by atoms with van der Waals surface area (Å²) in [6, 6.07) is 9.49. The number of hydrogen-bond donors (Lipinski definition) is 2. The molecule has 0 spiro atoms. The lowest BCUT2D eigenvalue weighted by molar-refractivity contribution is 0.177. The molecule has 0 atom stereocenters. The van der Waals surface area contributed by atoms with E-state index in [1.807, 2.05) is 17.4 Å². The van der Waals surface area contributed by atoms with Gasteiger partial charge in [0.25, 0.3) is 0 Å². The summed E-state index contributed by atoms with van der Waals surface area (Å²) in [5, 5.41) is 7.96. The van der Waals surface area contributed by atoms with Gasteiger partial charge in [-0.1, -0.05) is 12.1 Å². The number of ether oxygens (including phenoxy) is 2. The van der Waals surface area contributed by atoms with Crippen LogP contribution in [0.1, 0.15) is 17.7 Å². The Hall–Kier alpha value is -2.25. The van der Waals surface area contributed by atoms with Crippen molar-refractivity contribution in [2.45, 2.75) is 19.4 Å². The van der Waals surface area contributed by atoms with Crippen LogP contribution in [0.4, 0.5) is 10.5 Å². The molecule has 0 saturated carbocycles. The fourth-order valence-electron chi connectivity index (χ4n) is 3.36. The molecule has 2 N–H and O–H groups in total. The number of thiophene rings is 1. The Morgan fingerprint density at radius 2 is 2.00 bits per heavy atom. The Balaban J connectivity index is 1.42. The molecule has 146 valence electrons. The third kappa shape index (κ3) is 5.37. The molecule has 1 saturated heterocycles. The first-order chi connectivity index (χ1) is 13.2. The first-order valence-corrected chi connectivity index (χ1v) is 10.1. The molecule has 1 aliphatic rings. The standard InChI is InChI=1S/C20H27N3O3S/c1-25-18-7-3-6-17(19(18)26-2)22-20(24)21-13-15-8-10-23(11-9-15)14-16-5-4-12-27-16/h3-7,12,15H,8-11,13-14H2,1-2H3,(H2,21,22,24). The van der Waals surface area contributed by atoms with Crippen LogP contribution in [0.5, 0.6) is 11.5 Å². The highest BCUT2D eigenvalue weighted by atomic mass is 32.1. The van der Waals surface area contributed by atoms with Crippen LogP contribution in [0.25, 0.3) is 0 Å². The SMILES string of the molecule is COc1cccc(NC(=O)NCC2CCN(Cc3cccs3)CC2)c1OC. The van der Waals surface area contributed by atoms with Gasteiger partial charge in [0.05, 0.1) is 19.9 Å². The van der Waals surface area contributed by atoms with Gasteiger partial charge in [0.2, 0.25) is 0 Å². The van der Waals surface area contributed by atoms with Crippen molar-refractivity contribution in [1.29, 1.82) is 0 Å². The highest BCUT2D eigenvalue weighted by Gasteiger charge is 2.20. The third-order valence-electron chi connectivity index (χ3n) is 4.87. The molecule has 1 aromatic carbocycles. The lowest BCUT2D eigenvalue weighted by atomic mass is 9.97. The van der Waals surface area contributed by atoms with Crippen LogP contribution in [-0.4, -0.2) is 44.8 Å². The van der Waals surface area contributed by atoms with E-state index in [1.165, 1.54) is 4.88 Å². The summed E-state index contributed by atoms with van der Waals surface area (Å²) >= 11 is 1.81. The van der Waals surface area contributed by atoms with Gasteiger partial charge in [0, 0.05) is 18.0 Å². The predicted octanol–water partition coefficient (Wildman–Crippen LogP) is 3.80. The monoisotopic (exact) mass is 389 g/mol. The molecule has 1 aliphatic heterocycles. The average Bonchev–Trinajstić information content (AvgIpc) is 3.20. The summed E-state index contributed by atoms with van der Waals surface area (Å²) < 4.78 is 10.6. The fourth-order valence-corrected chi connectivity index (χ4v) is 4.11. The van der Waals surface area contributed by atoms with Crippen LogP contribution in [0, 0.1) is 5.92 Å². The number of likely N-dealkylation sites (tertiary alicyclic amines) is 1. The molecule has 1 aromatic heterocycles. The molecular formula is C20H27N3O3S. The van der Waals surface area contributed by atoms with Crippen LogP contribution in [0.2, 0.25) is 0 Å². The Morgan fingerprint density at radius 1 is 1.19 bits per heavy atom. The van der Waals surface area contributed by atoms with E-state index in [0.29, 0.717) is 29.6 Å². The van der Waals surface area contributed by atoms with Gasteiger partial charge in [-0.05, 0) is 55.4 Å². The van der Waals surface area contributed by atoms with Gasteiger partial charge in [-0.15, -0.1) is 11.3 Å². The molecule has 27 heavy (non-hydrogen) atoms. The molecule has 0 aliphatic carbocycles. The van der Waals surface area contributed by atoms with Crippen molar-refractivity contribution in [1.82, 2.24) is 10.2 Å². The summed E-state index contributed by atoms with van der Waals surface area (Å²) in [4.78, 5) is 16.2. The maximum Gasteiger partial charge on any atom is 0.319 e. The number of piperidine rings is 1. The second kappa shape index (κ2) is 9.62. The van der Waals surface area contributed by atoms with E-state index >= 15 is 0 Å². The number of hydrogen-bond acceptors (Lipinski definition) is 5. The molecule has 0 bridgehead atoms. The molecule has 2 heterocycles. The maximum atomic E-state index is 12.3. The van der Waals surface area contributed by atoms with Gasteiger partial charge in [0.1, 0.15) is 0 Å². The van der Waals surface area contributed by atoms with Crippen molar-refractivity contribution < 1.29 is 14.3 Å². The first kappa shape index (κ1) is 19.5. The number of para-hydroxylation sites is 1. The maximum absolute atomic E-state index is 12.3. The Bertz CT molecular complexity index is 728. The van der Waals surface area contributed by atoms with Gasteiger partial charge >= 0.3 is 6.03 Å². The fraction of sp³-hybridized carbons (Fsp3) is 0.450. The van der Waals surface area contributed by atoms with Crippen LogP contribution in [0.3, 0.4) is 0 Å². The highest BCUT2D eigenvalue weighted by molar-refractivity contribution is 7.09. The van der Waals surface area contributed by atoms with E-state index in [0.717, 1.165) is 32.5 Å². The number of carbonyl (C=O) groups is 1. The number of urea groups is 1.